The third-order valence-electron chi connectivity index (χ3n) is 3.76. The smallest absolute Gasteiger partial charge is 0.254 e. The summed E-state index contributed by atoms with van der Waals surface area (Å²) in [5, 5.41) is 0. The van der Waals surface area contributed by atoms with Crippen molar-refractivity contribution in [1.82, 2.24) is 4.90 Å². The summed E-state index contributed by atoms with van der Waals surface area (Å²) >= 11 is 0. The number of carbonyl (C=O) groups is 1. The zero-order chi connectivity index (χ0) is 12.3. The van der Waals surface area contributed by atoms with Crippen molar-refractivity contribution >= 4 is 5.91 Å². The van der Waals surface area contributed by atoms with Gasteiger partial charge in [-0.05, 0) is 37.3 Å². The van der Waals surface area contributed by atoms with E-state index in [9.17, 15) is 4.79 Å². The molecular formula is C15H21NO. The Balaban J connectivity index is 2.12. The lowest BCUT2D eigenvalue weighted by atomic mass is 9.95. The van der Waals surface area contributed by atoms with E-state index in [1.807, 2.05) is 36.1 Å². The van der Waals surface area contributed by atoms with Gasteiger partial charge in [-0.15, -0.1) is 0 Å². The molecule has 1 aliphatic rings. The van der Waals surface area contributed by atoms with Crippen LogP contribution in [-0.2, 0) is 0 Å². The molecule has 2 nitrogen and oxygen atoms in total. The SMILES string of the molecule is CCC1CCCN(C(=O)c2ccccc2C)C1. The molecule has 1 amide bonds. The number of amides is 1. The maximum absolute atomic E-state index is 12.4. The average molecular weight is 231 g/mol. The monoisotopic (exact) mass is 231 g/mol. The topological polar surface area (TPSA) is 20.3 Å². The van der Waals surface area contributed by atoms with Crippen molar-refractivity contribution in [1.29, 1.82) is 0 Å². The number of benzene rings is 1. The van der Waals surface area contributed by atoms with Gasteiger partial charge < -0.3 is 4.90 Å². The lowest BCUT2D eigenvalue weighted by Gasteiger charge is -2.32. The Morgan fingerprint density at radius 2 is 2.18 bits per heavy atom. The summed E-state index contributed by atoms with van der Waals surface area (Å²) in [7, 11) is 0. The minimum absolute atomic E-state index is 0.209. The average Bonchev–Trinajstić information content (AvgIpc) is 2.38. The maximum Gasteiger partial charge on any atom is 0.254 e. The molecular weight excluding hydrogens is 210 g/mol. The van der Waals surface area contributed by atoms with Gasteiger partial charge in [-0.3, -0.25) is 4.79 Å². The summed E-state index contributed by atoms with van der Waals surface area (Å²) in [6.07, 6.45) is 3.60. The van der Waals surface area contributed by atoms with Crippen LogP contribution in [0.4, 0.5) is 0 Å². The van der Waals surface area contributed by atoms with Crippen molar-refractivity contribution in [2.45, 2.75) is 33.1 Å². The molecule has 0 aromatic heterocycles. The van der Waals surface area contributed by atoms with Gasteiger partial charge in [0.05, 0.1) is 0 Å². The van der Waals surface area contributed by atoms with Gasteiger partial charge in [0.2, 0.25) is 0 Å². The zero-order valence-electron chi connectivity index (χ0n) is 10.8. The molecule has 0 N–H and O–H groups in total. The number of hydrogen-bond donors (Lipinski definition) is 0. The number of nitrogens with zero attached hydrogens (tertiary/aromatic N) is 1. The van der Waals surface area contributed by atoms with Gasteiger partial charge in [-0.2, -0.15) is 0 Å². The summed E-state index contributed by atoms with van der Waals surface area (Å²) in [5.41, 5.74) is 1.94. The predicted molar refractivity (Wildman–Crippen MR) is 70.1 cm³/mol. The van der Waals surface area contributed by atoms with Gasteiger partial charge >= 0.3 is 0 Å². The molecule has 1 aromatic rings. The number of piperidine rings is 1. The van der Waals surface area contributed by atoms with Crippen molar-refractivity contribution in [2.24, 2.45) is 5.92 Å². The summed E-state index contributed by atoms with van der Waals surface area (Å²) < 4.78 is 0. The van der Waals surface area contributed by atoms with E-state index in [-0.39, 0.29) is 5.91 Å². The van der Waals surface area contributed by atoms with E-state index in [2.05, 4.69) is 6.92 Å². The van der Waals surface area contributed by atoms with Crippen LogP contribution in [0.15, 0.2) is 24.3 Å². The highest BCUT2D eigenvalue weighted by Crippen LogP contribution is 2.21. The minimum Gasteiger partial charge on any atom is -0.338 e. The number of likely N-dealkylation sites (tertiary alicyclic amines) is 1. The van der Waals surface area contributed by atoms with E-state index in [1.165, 1.54) is 12.8 Å². The van der Waals surface area contributed by atoms with Crippen LogP contribution in [-0.4, -0.2) is 23.9 Å². The van der Waals surface area contributed by atoms with Gasteiger partial charge in [-0.1, -0.05) is 31.5 Å². The summed E-state index contributed by atoms with van der Waals surface area (Å²) in [5.74, 6) is 0.901. The van der Waals surface area contributed by atoms with E-state index in [1.54, 1.807) is 0 Å². The van der Waals surface area contributed by atoms with Crippen molar-refractivity contribution in [3.63, 3.8) is 0 Å². The first-order valence-electron chi connectivity index (χ1n) is 6.57. The van der Waals surface area contributed by atoms with Crippen molar-refractivity contribution in [2.75, 3.05) is 13.1 Å². The van der Waals surface area contributed by atoms with E-state index < -0.39 is 0 Å². The second-order valence-electron chi connectivity index (χ2n) is 4.98. The van der Waals surface area contributed by atoms with E-state index in [4.69, 9.17) is 0 Å². The number of carbonyl (C=O) groups excluding carboxylic acids is 1. The molecule has 0 bridgehead atoms. The Bertz CT molecular complexity index is 400. The second-order valence-corrected chi connectivity index (χ2v) is 4.98. The van der Waals surface area contributed by atoms with Crippen LogP contribution in [0.25, 0.3) is 0 Å². The summed E-state index contributed by atoms with van der Waals surface area (Å²) in [6.45, 7) is 6.08. The van der Waals surface area contributed by atoms with Crippen LogP contribution in [0, 0.1) is 12.8 Å². The molecule has 17 heavy (non-hydrogen) atoms. The third-order valence-corrected chi connectivity index (χ3v) is 3.76. The fourth-order valence-electron chi connectivity index (χ4n) is 2.57. The zero-order valence-corrected chi connectivity index (χ0v) is 10.8. The molecule has 1 unspecified atom stereocenters. The Morgan fingerprint density at radius 1 is 1.41 bits per heavy atom. The molecule has 1 atom stereocenters. The van der Waals surface area contributed by atoms with Gasteiger partial charge in [-0.25, -0.2) is 0 Å². The van der Waals surface area contributed by atoms with Crippen LogP contribution in [0.2, 0.25) is 0 Å². The van der Waals surface area contributed by atoms with Crippen LogP contribution in [0.3, 0.4) is 0 Å². The number of aryl methyl sites for hydroxylation is 1. The predicted octanol–water partition coefficient (Wildman–Crippen LogP) is 3.26. The molecule has 1 heterocycles. The summed E-state index contributed by atoms with van der Waals surface area (Å²) in [6, 6.07) is 7.88. The molecule has 2 heteroatoms. The Hall–Kier alpha value is -1.31. The largest absolute Gasteiger partial charge is 0.338 e. The van der Waals surface area contributed by atoms with Gasteiger partial charge in [0.15, 0.2) is 0 Å². The standard InChI is InChI=1S/C15H21NO/c1-3-13-8-6-10-16(11-13)15(17)14-9-5-4-7-12(14)2/h4-5,7,9,13H,3,6,8,10-11H2,1-2H3. The van der Waals surface area contributed by atoms with E-state index in [0.29, 0.717) is 5.92 Å². The Morgan fingerprint density at radius 3 is 2.88 bits per heavy atom. The first-order valence-corrected chi connectivity index (χ1v) is 6.57. The number of hydrogen-bond acceptors (Lipinski definition) is 1. The molecule has 0 saturated carbocycles. The molecule has 1 aromatic carbocycles. The molecule has 92 valence electrons. The molecule has 1 saturated heterocycles. The fraction of sp³-hybridized carbons (Fsp3) is 0.533. The summed E-state index contributed by atoms with van der Waals surface area (Å²) in [4.78, 5) is 14.4. The van der Waals surface area contributed by atoms with Gasteiger partial charge in [0, 0.05) is 18.7 Å². The molecule has 2 rings (SSSR count). The fourth-order valence-corrected chi connectivity index (χ4v) is 2.57. The molecule has 0 radical (unpaired) electrons. The van der Waals surface area contributed by atoms with Crippen LogP contribution in [0.1, 0.15) is 42.1 Å². The van der Waals surface area contributed by atoms with Crippen molar-refractivity contribution in [3.8, 4) is 0 Å². The Kier molecular flexibility index (Phi) is 3.82. The first kappa shape index (κ1) is 12.2. The molecule has 1 fully saturated rings. The lowest BCUT2D eigenvalue weighted by Crippen LogP contribution is -2.40. The lowest BCUT2D eigenvalue weighted by molar-refractivity contribution is 0.0670. The van der Waals surface area contributed by atoms with Crippen LogP contribution >= 0.6 is 0 Å². The molecule has 0 spiro atoms. The van der Waals surface area contributed by atoms with Crippen molar-refractivity contribution < 1.29 is 4.79 Å². The highest BCUT2D eigenvalue weighted by atomic mass is 16.2. The minimum atomic E-state index is 0.209. The highest BCUT2D eigenvalue weighted by Gasteiger charge is 2.23. The molecule has 1 aliphatic heterocycles. The first-order chi connectivity index (χ1) is 8.22. The number of rotatable bonds is 2. The third kappa shape index (κ3) is 2.68. The second kappa shape index (κ2) is 5.35. The van der Waals surface area contributed by atoms with Gasteiger partial charge in [0.1, 0.15) is 0 Å². The van der Waals surface area contributed by atoms with Gasteiger partial charge in [0.25, 0.3) is 5.91 Å². The van der Waals surface area contributed by atoms with Crippen LogP contribution < -0.4 is 0 Å². The van der Waals surface area contributed by atoms with Crippen LogP contribution in [0.5, 0.6) is 0 Å². The normalized spacial score (nSPS) is 20.4. The molecule has 0 aliphatic carbocycles. The Labute approximate surface area is 104 Å². The quantitative estimate of drug-likeness (QED) is 0.765. The maximum atomic E-state index is 12.4. The van der Waals surface area contributed by atoms with Crippen molar-refractivity contribution in [3.05, 3.63) is 35.4 Å². The van der Waals surface area contributed by atoms with E-state index in [0.717, 1.165) is 30.6 Å². The van der Waals surface area contributed by atoms with E-state index >= 15 is 0 Å². The highest BCUT2D eigenvalue weighted by molar-refractivity contribution is 5.95.